The van der Waals surface area contributed by atoms with Gasteiger partial charge in [-0.2, -0.15) is 0 Å². The van der Waals surface area contributed by atoms with Gasteiger partial charge in [0.2, 0.25) is 5.91 Å². The van der Waals surface area contributed by atoms with Gasteiger partial charge in [-0.1, -0.05) is 48.0 Å². The van der Waals surface area contributed by atoms with Gasteiger partial charge >= 0.3 is 5.97 Å². The van der Waals surface area contributed by atoms with Crippen molar-refractivity contribution in [1.29, 1.82) is 0 Å². The molecule has 36 heavy (non-hydrogen) atoms. The third-order valence-electron chi connectivity index (χ3n) is 5.48. The summed E-state index contributed by atoms with van der Waals surface area (Å²) in [7, 11) is 0. The molecule has 1 atom stereocenters. The minimum atomic E-state index is -1.16. The van der Waals surface area contributed by atoms with Crippen LogP contribution in [0.3, 0.4) is 0 Å². The van der Waals surface area contributed by atoms with Gasteiger partial charge in [0.25, 0.3) is 0 Å². The molecule has 4 rings (SSSR count). The highest BCUT2D eigenvalue weighted by Gasteiger charge is 2.31. The van der Waals surface area contributed by atoms with E-state index in [0.29, 0.717) is 33.8 Å². The number of fused-ring (bicyclic) bond motifs is 1. The Hall–Kier alpha value is -3.81. The molecular weight excluding hydrogens is 478 g/mol. The first-order valence-electron chi connectivity index (χ1n) is 11.5. The predicted octanol–water partition coefficient (Wildman–Crippen LogP) is 6.06. The number of carboxylic acid groups (broad SMARTS) is 1. The number of ether oxygens (including phenoxy) is 1. The fourth-order valence-electron chi connectivity index (χ4n) is 3.95. The molecule has 0 aliphatic heterocycles. The number of halogens is 1. The van der Waals surface area contributed by atoms with E-state index in [0.717, 1.165) is 11.3 Å². The van der Waals surface area contributed by atoms with Crippen LogP contribution in [0.1, 0.15) is 48.4 Å². The van der Waals surface area contributed by atoms with Gasteiger partial charge in [0, 0.05) is 33.6 Å². The first kappa shape index (κ1) is 25.3. The van der Waals surface area contributed by atoms with E-state index in [1.165, 1.54) is 0 Å². The molecule has 8 heteroatoms. The second-order valence-electron chi connectivity index (χ2n) is 9.52. The van der Waals surface area contributed by atoms with Crippen LogP contribution in [0.25, 0.3) is 10.9 Å². The molecule has 0 spiro atoms. The number of benzene rings is 3. The average molecular weight is 506 g/mol. The van der Waals surface area contributed by atoms with E-state index in [1.807, 2.05) is 75.4 Å². The van der Waals surface area contributed by atoms with Gasteiger partial charge in [0.1, 0.15) is 23.2 Å². The third kappa shape index (κ3) is 6.05. The summed E-state index contributed by atoms with van der Waals surface area (Å²) in [6.45, 7) is 5.95. The molecule has 1 amide bonds. The molecule has 186 valence electrons. The number of nitrogens with one attached hydrogen (secondary N) is 3. The Bertz CT molecular complexity index is 1380. The maximum atomic E-state index is 13.4. The molecule has 1 unspecified atom stereocenters. The standard InChI is InChI=1S/C28H28ClN3O4/c1-28(2,3)32-26(33)24(23-21-14-11-18(29)15-22(21)31-25(23)27(34)35)30-16-17-9-12-20(13-10-17)36-19-7-5-4-6-8-19/h4-15,24,30-31H,16H2,1-3H3,(H,32,33)(H,34,35). The Morgan fingerprint density at radius 2 is 1.67 bits per heavy atom. The largest absolute Gasteiger partial charge is 0.477 e. The number of hydrogen-bond donors (Lipinski definition) is 4. The van der Waals surface area contributed by atoms with E-state index >= 15 is 0 Å². The molecular formula is C28H28ClN3O4. The maximum Gasteiger partial charge on any atom is 0.352 e. The van der Waals surface area contributed by atoms with Crippen LogP contribution in [0.2, 0.25) is 5.02 Å². The number of H-pyrrole nitrogens is 1. The van der Waals surface area contributed by atoms with Crippen molar-refractivity contribution in [1.82, 2.24) is 15.6 Å². The molecule has 0 saturated heterocycles. The van der Waals surface area contributed by atoms with Crippen LogP contribution in [0.5, 0.6) is 11.5 Å². The molecule has 0 aliphatic rings. The lowest BCUT2D eigenvalue weighted by Crippen LogP contribution is -2.46. The molecule has 4 N–H and O–H groups in total. The summed E-state index contributed by atoms with van der Waals surface area (Å²) in [6, 6.07) is 21.1. The fourth-order valence-corrected chi connectivity index (χ4v) is 4.12. The maximum absolute atomic E-state index is 13.4. The Balaban J connectivity index is 1.62. The minimum absolute atomic E-state index is 0.0552. The SMILES string of the molecule is CC(C)(C)NC(=O)C(NCc1ccc(Oc2ccccc2)cc1)c1c(C(=O)O)[nH]c2cc(Cl)ccc12. The van der Waals surface area contributed by atoms with Crippen molar-refractivity contribution >= 4 is 34.4 Å². The molecule has 0 fully saturated rings. The Morgan fingerprint density at radius 3 is 2.31 bits per heavy atom. The van der Waals surface area contributed by atoms with Crippen LogP contribution in [0.4, 0.5) is 0 Å². The second-order valence-corrected chi connectivity index (χ2v) is 9.96. The molecule has 4 aromatic rings. The number of rotatable bonds is 8. The molecule has 0 radical (unpaired) electrons. The lowest BCUT2D eigenvalue weighted by molar-refractivity contribution is -0.124. The van der Waals surface area contributed by atoms with Crippen molar-refractivity contribution in [3.8, 4) is 11.5 Å². The van der Waals surface area contributed by atoms with Crippen LogP contribution in [-0.2, 0) is 11.3 Å². The number of aromatic nitrogens is 1. The van der Waals surface area contributed by atoms with Gasteiger partial charge < -0.3 is 20.1 Å². The van der Waals surface area contributed by atoms with Gasteiger partial charge in [-0.15, -0.1) is 0 Å². The number of carbonyl (C=O) groups is 2. The highest BCUT2D eigenvalue weighted by atomic mass is 35.5. The highest BCUT2D eigenvalue weighted by Crippen LogP contribution is 2.31. The van der Waals surface area contributed by atoms with E-state index in [-0.39, 0.29) is 11.6 Å². The molecule has 0 saturated carbocycles. The van der Waals surface area contributed by atoms with Crippen LogP contribution in [-0.4, -0.2) is 27.5 Å². The van der Waals surface area contributed by atoms with Gasteiger partial charge in [-0.05, 0) is 62.7 Å². The normalized spacial score (nSPS) is 12.3. The van der Waals surface area contributed by atoms with E-state index in [2.05, 4.69) is 15.6 Å². The van der Waals surface area contributed by atoms with Gasteiger partial charge in [0.05, 0.1) is 0 Å². The second kappa shape index (κ2) is 10.4. The fraction of sp³-hybridized carbons (Fsp3) is 0.214. The van der Waals surface area contributed by atoms with Gasteiger partial charge in [-0.25, -0.2) is 4.79 Å². The monoisotopic (exact) mass is 505 g/mol. The number of aromatic amines is 1. The number of hydrogen-bond acceptors (Lipinski definition) is 4. The van der Waals surface area contributed by atoms with Crippen molar-refractivity contribution in [2.75, 3.05) is 0 Å². The van der Waals surface area contributed by atoms with Crippen LogP contribution in [0, 0.1) is 0 Å². The lowest BCUT2D eigenvalue weighted by atomic mass is 9.99. The minimum Gasteiger partial charge on any atom is -0.477 e. The van der Waals surface area contributed by atoms with Crippen LogP contribution >= 0.6 is 11.6 Å². The summed E-state index contributed by atoms with van der Waals surface area (Å²) in [5, 5.41) is 17.2. The number of carbonyl (C=O) groups excluding carboxylic acids is 1. The average Bonchev–Trinajstić information content (AvgIpc) is 3.18. The van der Waals surface area contributed by atoms with E-state index in [1.54, 1.807) is 18.2 Å². The molecule has 3 aromatic carbocycles. The zero-order chi connectivity index (χ0) is 25.9. The molecule has 0 bridgehead atoms. The first-order valence-corrected chi connectivity index (χ1v) is 11.9. The number of carboxylic acids is 1. The Labute approximate surface area is 214 Å². The van der Waals surface area contributed by atoms with Gasteiger partial charge in [-0.3, -0.25) is 10.1 Å². The number of para-hydroxylation sites is 1. The molecule has 0 aliphatic carbocycles. The van der Waals surface area contributed by atoms with Crippen molar-refractivity contribution in [3.05, 3.63) is 94.6 Å². The zero-order valence-electron chi connectivity index (χ0n) is 20.3. The highest BCUT2D eigenvalue weighted by molar-refractivity contribution is 6.31. The molecule has 1 aromatic heterocycles. The lowest BCUT2D eigenvalue weighted by Gasteiger charge is -2.26. The number of aromatic carboxylic acids is 1. The van der Waals surface area contributed by atoms with E-state index in [4.69, 9.17) is 16.3 Å². The van der Waals surface area contributed by atoms with Crippen molar-refractivity contribution in [3.63, 3.8) is 0 Å². The Morgan fingerprint density at radius 1 is 1.00 bits per heavy atom. The summed E-state index contributed by atoms with van der Waals surface area (Å²) in [5.74, 6) is -0.0587. The first-order chi connectivity index (χ1) is 17.1. The van der Waals surface area contributed by atoms with E-state index in [9.17, 15) is 14.7 Å². The Kier molecular flexibility index (Phi) is 7.33. The summed E-state index contributed by atoms with van der Waals surface area (Å²) in [6.07, 6.45) is 0. The zero-order valence-corrected chi connectivity index (χ0v) is 21.0. The van der Waals surface area contributed by atoms with Crippen LogP contribution < -0.4 is 15.4 Å². The van der Waals surface area contributed by atoms with Crippen molar-refractivity contribution < 1.29 is 19.4 Å². The smallest absolute Gasteiger partial charge is 0.352 e. The summed E-state index contributed by atoms with van der Waals surface area (Å²) in [4.78, 5) is 28.4. The quantitative estimate of drug-likeness (QED) is 0.233. The summed E-state index contributed by atoms with van der Waals surface area (Å²) >= 11 is 6.12. The molecule has 7 nitrogen and oxygen atoms in total. The summed E-state index contributed by atoms with van der Waals surface area (Å²) in [5.41, 5.74) is 1.25. The van der Waals surface area contributed by atoms with Gasteiger partial charge in [0.15, 0.2) is 0 Å². The van der Waals surface area contributed by atoms with Crippen molar-refractivity contribution in [2.45, 2.75) is 38.9 Å². The molecule has 1 heterocycles. The number of amides is 1. The van der Waals surface area contributed by atoms with Crippen LogP contribution in [0.15, 0.2) is 72.8 Å². The van der Waals surface area contributed by atoms with Crippen molar-refractivity contribution in [2.24, 2.45) is 0 Å². The summed E-state index contributed by atoms with van der Waals surface area (Å²) < 4.78 is 5.85. The topological polar surface area (TPSA) is 103 Å². The predicted molar refractivity (Wildman–Crippen MR) is 141 cm³/mol. The van der Waals surface area contributed by atoms with E-state index < -0.39 is 17.6 Å². The third-order valence-corrected chi connectivity index (χ3v) is 5.71.